The molecule has 0 saturated carbocycles. The second kappa shape index (κ2) is 9.40. The lowest BCUT2D eigenvalue weighted by molar-refractivity contribution is -0.111. The summed E-state index contributed by atoms with van der Waals surface area (Å²) >= 11 is 0. The van der Waals surface area contributed by atoms with E-state index in [1.54, 1.807) is 19.3 Å². The molecule has 2 rings (SSSR count). The van der Waals surface area contributed by atoms with Crippen molar-refractivity contribution in [2.75, 3.05) is 19.0 Å². The second-order valence-corrected chi connectivity index (χ2v) is 5.29. The summed E-state index contributed by atoms with van der Waals surface area (Å²) in [5.41, 5.74) is 1.57. The summed E-state index contributed by atoms with van der Waals surface area (Å²) in [6.45, 7) is 2.80. The van der Waals surface area contributed by atoms with Crippen molar-refractivity contribution in [1.82, 2.24) is 0 Å². The molecule has 0 aliphatic heterocycles. The van der Waals surface area contributed by atoms with Gasteiger partial charge in [0.25, 0.3) is 0 Å². The van der Waals surface area contributed by atoms with E-state index >= 15 is 0 Å². The van der Waals surface area contributed by atoms with Crippen molar-refractivity contribution in [2.24, 2.45) is 0 Å². The first-order valence-electron chi connectivity index (χ1n) is 8.08. The Bertz CT molecular complexity index is 695. The minimum absolute atomic E-state index is 0.202. The van der Waals surface area contributed by atoms with Crippen molar-refractivity contribution >= 4 is 17.7 Å². The molecule has 0 atom stereocenters. The highest BCUT2D eigenvalue weighted by Crippen LogP contribution is 2.20. The summed E-state index contributed by atoms with van der Waals surface area (Å²) in [6.07, 6.45) is 5.35. The minimum Gasteiger partial charge on any atom is -0.497 e. The van der Waals surface area contributed by atoms with Crippen LogP contribution in [0.25, 0.3) is 6.08 Å². The molecule has 1 amide bonds. The topological polar surface area (TPSA) is 47.6 Å². The maximum absolute atomic E-state index is 12.1. The van der Waals surface area contributed by atoms with Crippen molar-refractivity contribution in [3.8, 4) is 11.5 Å². The molecule has 0 heterocycles. The van der Waals surface area contributed by atoms with Gasteiger partial charge in [0.15, 0.2) is 0 Å². The van der Waals surface area contributed by atoms with Gasteiger partial charge in [0.1, 0.15) is 11.5 Å². The zero-order chi connectivity index (χ0) is 17.2. The van der Waals surface area contributed by atoms with Gasteiger partial charge in [0.2, 0.25) is 5.91 Å². The van der Waals surface area contributed by atoms with Gasteiger partial charge in [-0.25, -0.2) is 0 Å². The standard InChI is InChI=1S/C20H23NO3/c1-3-4-14-24-19-11-6-5-8-16(19)12-13-20(22)21-17-9-7-10-18(15-17)23-2/h5-13,15H,3-4,14H2,1-2H3,(H,21,22). The van der Waals surface area contributed by atoms with Crippen LogP contribution < -0.4 is 14.8 Å². The van der Waals surface area contributed by atoms with Gasteiger partial charge in [-0.05, 0) is 30.7 Å². The Labute approximate surface area is 143 Å². The lowest BCUT2D eigenvalue weighted by atomic mass is 10.2. The molecule has 0 bridgehead atoms. The van der Waals surface area contributed by atoms with E-state index in [0.29, 0.717) is 18.0 Å². The predicted octanol–water partition coefficient (Wildman–Crippen LogP) is 4.53. The van der Waals surface area contributed by atoms with E-state index in [2.05, 4.69) is 12.2 Å². The summed E-state index contributed by atoms with van der Waals surface area (Å²) in [5.74, 6) is 1.29. The normalized spacial score (nSPS) is 10.6. The number of carbonyl (C=O) groups excluding carboxylic acids is 1. The van der Waals surface area contributed by atoms with E-state index in [-0.39, 0.29) is 5.91 Å². The highest BCUT2D eigenvalue weighted by atomic mass is 16.5. The number of ether oxygens (including phenoxy) is 2. The molecule has 2 aromatic carbocycles. The molecule has 0 spiro atoms. The number of rotatable bonds is 8. The van der Waals surface area contributed by atoms with E-state index in [4.69, 9.17) is 9.47 Å². The Balaban J connectivity index is 2.00. The SMILES string of the molecule is CCCCOc1ccccc1C=CC(=O)Nc1cccc(OC)c1. The van der Waals surface area contributed by atoms with Crippen LogP contribution in [0.5, 0.6) is 11.5 Å². The maximum atomic E-state index is 12.1. The van der Waals surface area contributed by atoms with Crippen LogP contribution in [-0.4, -0.2) is 19.6 Å². The maximum Gasteiger partial charge on any atom is 0.248 e. The van der Waals surface area contributed by atoms with E-state index in [1.807, 2.05) is 42.5 Å². The van der Waals surface area contributed by atoms with Gasteiger partial charge in [-0.2, -0.15) is 0 Å². The molecule has 126 valence electrons. The van der Waals surface area contributed by atoms with Gasteiger partial charge in [-0.15, -0.1) is 0 Å². The van der Waals surface area contributed by atoms with Crippen LogP contribution in [0.4, 0.5) is 5.69 Å². The number of anilines is 1. The first kappa shape index (κ1) is 17.6. The molecule has 0 aliphatic rings. The van der Waals surface area contributed by atoms with Gasteiger partial charge in [-0.3, -0.25) is 4.79 Å². The molecule has 0 unspecified atom stereocenters. The highest BCUT2D eigenvalue weighted by Gasteiger charge is 2.02. The van der Waals surface area contributed by atoms with Crippen LogP contribution in [0.3, 0.4) is 0 Å². The van der Waals surface area contributed by atoms with E-state index in [1.165, 1.54) is 6.08 Å². The van der Waals surface area contributed by atoms with Crippen molar-refractivity contribution in [3.05, 3.63) is 60.2 Å². The third-order valence-electron chi connectivity index (χ3n) is 3.43. The Morgan fingerprint density at radius 2 is 2.00 bits per heavy atom. The molecule has 4 nitrogen and oxygen atoms in total. The van der Waals surface area contributed by atoms with Crippen LogP contribution in [0.2, 0.25) is 0 Å². The number of benzene rings is 2. The molecule has 1 N–H and O–H groups in total. The monoisotopic (exact) mass is 325 g/mol. The fourth-order valence-corrected chi connectivity index (χ4v) is 2.13. The molecule has 0 saturated heterocycles. The summed E-state index contributed by atoms with van der Waals surface area (Å²) in [5, 5.41) is 2.81. The summed E-state index contributed by atoms with van der Waals surface area (Å²) < 4.78 is 10.9. The molecule has 0 aromatic heterocycles. The van der Waals surface area contributed by atoms with Crippen LogP contribution in [0.15, 0.2) is 54.6 Å². The van der Waals surface area contributed by atoms with Crippen molar-refractivity contribution < 1.29 is 14.3 Å². The minimum atomic E-state index is -0.202. The van der Waals surface area contributed by atoms with Crippen molar-refractivity contribution in [3.63, 3.8) is 0 Å². The molecular weight excluding hydrogens is 302 g/mol. The first-order chi connectivity index (χ1) is 11.7. The average Bonchev–Trinajstić information content (AvgIpc) is 2.61. The van der Waals surface area contributed by atoms with Gasteiger partial charge in [0.05, 0.1) is 13.7 Å². The quantitative estimate of drug-likeness (QED) is 0.573. The summed E-state index contributed by atoms with van der Waals surface area (Å²) in [6, 6.07) is 14.9. The smallest absolute Gasteiger partial charge is 0.248 e. The fraction of sp³-hybridized carbons (Fsp3) is 0.250. The number of methoxy groups -OCH3 is 1. The molecule has 4 heteroatoms. The number of hydrogen-bond acceptors (Lipinski definition) is 3. The Morgan fingerprint density at radius 3 is 2.79 bits per heavy atom. The number of unbranched alkanes of at least 4 members (excludes halogenated alkanes) is 1. The molecule has 0 fully saturated rings. The Morgan fingerprint density at radius 1 is 1.17 bits per heavy atom. The number of hydrogen-bond donors (Lipinski definition) is 1. The van der Waals surface area contributed by atoms with Crippen LogP contribution >= 0.6 is 0 Å². The third-order valence-corrected chi connectivity index (χ3v) is 3.43. The van der Waals surface area contributed by atoms with E-state index in [9.17, 15) is 4.79 Å². The highest BCUT2D eigenvalue weighted by molar-refractivity contribution is 6.02. The zero-order valence-electron chi connectivity index (χ0n) is 14.1. The summed E-state index contributed by atoms with van der Waals surface area (Å²) in [4.78, 5) is 12.1. The van der Waals surface area contributed by atoms with E-state index in [0.717, 1.165) is 24.2 Å². The van der Waals surface area contributed by atoms with Crippen molar-refractivity contribution in [2.45, 2.75) is 19.8 Å². The fourth-order valence-electron chi connectivity index (χ4n) is 2.13. The molecule has 0 radical (unpaired) electrons. The lowest BCUT2D eigenvalue weighted by Crippen LogP contribution is -2.07. The number of para-hydroxylation sites is 1. The summed E-state index contributed by atoms with van der Waals surface area (Å²) in [7, 11) is 1.59. The van der Waals surface area contributed by atoms with Gasteiger partial charge >= 0.3 is 0 Å². The largest absolute Gasteiger partial charge is 0.497 e. The van der Waals surface area contributed by atoms with Gasteiger partial charge < -0.3 is 14.8 Å². The molecule has 2 aromatic rings. The lowest BCUT2D eigenvalue weighted by Gasteiger charge is -2.08. The number of nitrogens with one attached hydrogen (secondary N) is 1. The average molecular weight is 325 g/mol. The molecular formula is C20H23NO3. The van der Waals surface area contributed by atoms with E-state index < -0.39 is 0 Å². The Kier molecular flexibility index (Phi) is 6.90. The number of carbonyl (C=O) groups is 1. The molecule has 24 heavy (non-hydrogen) atoms. The predicted molar refractivity (Wildman–Crippen MR) is 97.5 cm³/mol. The first-order valence-corrected chi connectivity index (χ1v) is 8.08. The molecule has 0 aliphatic carbocycles. The van der Waals surface area contributed by atoms with Crippen LogP contribution in [-0.2, 0) is 4.79 Å². The van der Waals surface area contributed by atoms with Gasteiger partial charge in [0, 0.05) is 23.4 Å². The van der Waals surface area contributed by atoms with Gasteiger partial charge in [-0.1, -0.05) is 37.6 Å². The Hall–Kier alpha value is -2.75. The second-order valence-electron chi connectivity index (χ2n) is 5.29. The number of amides is 1. The van der Waals surface area contributed by atoms with Crippen LogP contribution in [0.1, 0.15) is 25.3 Å². The zero-order valence-corrected chi connectivity index (χ0v) is 14.1. The third kappa shape index (κ3) is 5.47. The van der Waals surface area contributed by atoms with Crippen LogP contribution in [0, 0.1) is 0 Å². The van der Waals surface area contributed by atoms with Crippen molar-refractivity contribution in [1.29, 1.82) is 0 Å².